The van der Waals surface area contributed by atoms with Crippen molar-refractivity contribution in [3.05, 3.63) is 23.8 Å². The van der Waals surface area contributed by atoms with E-state index in [1.165, 1.54) is 25.3 Å². The highest BCUT2D eigenvalue weighted by Gasteiger charge is 2.32. The van der Waals surface area contributed by atoms with Crippen molar-refractivity contribution in [1.29, 1.82) is 0 Å². The Morgan fingerprint density at radius 3 is 2.37 bits per heavy atom. The molecule has 4 N–H and O–H groups in total. The Kier molecular flexibility index (Phi) is 5.11. The van der Waals surface area contributed by atoms with E-state index in [0.717, 1.165) is 0 Å². The number of phosphoric ester groups is 1. The van der Waals surface area contributed by atoms with E-state index in [9.17, 15) is 14.2 Å². The standard InChI is InChI=1S/C8H12O9P2/c1-15-8-4-6(2-3-7(8)9)5-16-19(13,14)17-18(10,11)12/h2-4,9H,5H2,1H3,(H,13,14)(H2,10,11,12). The van der Waals surface area contributed by atoms with Gasteiger partial charge in [-0.05, 0) is 17.7 Å². The van der Waals surface area contributed by atoms with Gasteiger partial charge < -0.3 is 24.5 Å². The number of ether oxygens (including phenoxy) is 1. The van der Waals surface area contributed by atoms with Gasteiger partial charge in [-0.25, -0.2) is 9.13 Å². The zero-order chi connectivity index (χ0) is 14.7. The number of hydrogen-bond donors (Lipinski definition) is 4. The highest BCUT2D eigenvalue weighted by Crippen LogP contribution is 2.57. The van der Waals surface area contributed by atoms with Crippen LogP contribution in [0.2, 0.25) is 0 Å². The van der Waals surface area contributed by atoms with E-state index in [1.807, 2.05) is 0 Å². The molecule has 11 heteroatoms. The van der Waals surface area contributed by atoms with Crippen LogP contribution < -0.4 is 4.74 Å². The number of benzene rings is 1. The van der Waals surface area contributed by atoms with Crippen LogP contribution in [0.4, 0.5) is 0 Å². The molecule has 1 aromatic rings. The summed E-state index contributed by atoms with van der Waals surface area (Å²) in [6.07, 6.45) is 0. The molecule has 0 aliphatic carbocycles. The van der Waals surface area contributed by atoms with Crippen molar-refractivity contribution in [3.8, 4) is 11.5 Å². The van der Waals surface area contributed by atoms with Crippen molar-refractivity contribution >= 4 is 15.6 Å². The maximum atomic E-state index is 11.2. The van der Waals surface area contributed by atoms with Crippen molar-refractivity contribution in [2.75, 3.05) is 7.11 Å². The fourth-order valence-corrected chi connectivity index (χ4v) is 2.70. The summed E-state index contributed by atoms with van der Waals surface area (Å²) in [5.74, 6) is -0.0188. The maximum Gasteiger partial charge on any atom is 0.481 e. The van der Waals surface area contributed by atoms with Gasteiger partial charge in [-0.15, -0.1) is 0 Å². The third-order valence-electron chi connectivity index (χ3n) is 1.85. The lowest BCUT2D eigenvalue weighted by Crippen LogP contribution is -1.95. The number of hydrogen-bond acceptors (Lipinski definition) is 6. The summed E-state index contributed by atoms with van der Waals surface area (Å²) in [5.41, 5.74) is 0.332. The molecule has 0 aliphatic rings. The topological polar surface area (TPSA) is 143 Å². The first-order valence-electron chi connectivity index (χ1n) is 4.73. The van der Waals surface area contributed by atoms with Gasteiger partial charge in [-0.1, -0.05) is 6.07 Å². The number of phenols is 1. The van der Waals surface area contributed by atoms with Crippen LogP contribution in [0.25, 0.3) is 0 Å². The Hall–Kier alpha value is -0.920. The average Bonchev–Trinajstić information content (AvgIpc) is 2.25. The quantitative estimate of drug-likeness (QED) is 0.568. The van der Waals surface area contributed by atoms with Gasteiger partial charge in [0.1, 0.15) is 0 Å². The summed E-state index contributed by atoms with van der Waals surface area (Å²) >= 11 is 0. The first-order valence-corrected chi connectivity index (χ1v) is 7.75. The molecule has 0 heterocycles. The van der Waals surface area contributed by atoms with E-state index in [1.54, 1.807) is 0 Å². The Bertz CT molecular complexity index is 537. The molecular formula is C8H12O9P2. The number of aromatic hydroxyl groups is 1. The molecule has 108 valence electrons. The normalized spacial score (nSPS) is 14.9. The molecule has 0 amide bonds. The molecule has 0 aliphatic heterocycles. The van der Waals surface area contributed by atoms with Gasteiger partial charge in [0.05, 0.1) is 13.7 Å². The van der Waals surface area contributed by atoms with Gasteiger partial charge >= 0.3 is 15.6 Å². The third kappa shape index (κ3) is 5.71. The van der Waals surface area contributed by atoms with Crippen molar-refractivity contribution in [3.63, 3.8) is 0 Å². The third-order valence-corrected chi connectivity index (χ3v) is 3.98. The van der Waals surface area contributed by atoms with Crippen LogP contribution in [-0.2, 0) is 24.6 Å². The van der Waals surface area contributed by atoms with Gasteiger partial charge in [0.25, 0.3) is 0 Å². The molecule has 1 unspecified atom stereocenters. The van der Waals surface area contributed by atoms with Crippen LogP contribution in [0.3, 0.4) is 0 Å². The fraction of sp³-hybridized carbons (Fsp3) is 0.250. The number of phenolic OH excluding ortho intramolecular Hbond substituents is 1. The van der Waals surface area contributed by atoms with Crippen molar-refractivity contribution in [1.82, 2.24) is 0 Å². The molecule has 1 rings (SSSR count). The minimum Gasteiger partial charge on any atom is -0.504 e. The summed E-state index contributed by atoms with van der Waals surface area (Å²) in [6, 6.07) is 3.96. The zero-order valence-electron chi connectivity index (χ0n) is 9.66. The van der Waals surface area contributed by atoms with Crippen LogP contribution in [0.15, 0.2) is 18.2 Å². The van der Waals surface area contributed by atoms with Crippen LogP contribution in [-0.4, -0.2) is 26.9 Å². The SMILES string of the molecule is COc1cc(COP(=O)(O)OP(=O)(O)O)ccc1O. The Balaban J connectivity index is 2.71. The molecule has 19 heavy (non-hydrogen) atoms. The number of methoxy groups -OCH3 is 1. The lowest BCUT2D eigenvalue weighted by Gasteiger charge is -2.13. The van der Waals surface area contributed by atoms with E-state index in [4.69, 9.17) is 19.4 Å². The first kappa shape index (κ1) is 16.1. The smallest absolute Gasteiger partial charge is 0.481 e. The number of rotatable bonds is 6. The Morgan fingerprint density at radius 1 is 1.21 bits per heavy atom. The summed E-state index contributed by atoms with van der Waals surface area (Å²) in [6.45, 7) is -0.468. The largest absolute Gasteiger partial charge is 0.504 e. The molecule has 9 nitrogen and oxygen atoms in total. The van der Waals surface area contributed by atoms with Crippen LogP contribution in [0, 0.1) is 0 Å². The van der Waals surface area contributed by atoms with Crippen molar-refractivity contribution < 1.29 is 42.5 Å². The molecule has 0 radical (unpaired) electrons. The molecule has 0 bridgehead atoms. The Morgan fingerprint density at radius 2 is 1.84 bits per heavy atom. The minimum atomic E-state index is -5.13. The number of phosphoric acid groups is 2. The highest BCUT2D eigenvalue weighted by atomic mass is 31.3. The van der Waals surface area contributed by atoms with E-state index in [0.29, 0.717) is 5.56 Å². The molecule has 0 saturated carbocycles. The molecule has 0 aromatic heterocycles. The monoisotopic (exact) mass is 314 g/mol. The summed E-state index contributed by atoms with van der Waals surface area (Å²) in [5, 5.41) is 9.32. The van der Waals surface area contributed by atoms with E-state index in [-0.39, 0.29) is 11.5 Å². The lowest BCUT2D eigenvalue weighted by molar-refractivity contribution is 0.172. The predicted octanol–water partition coefficient (Wildman–Crippen LogP) is 1.13. The molecular weight excluding hydrogens is 302 g/mol. The van der Waals surface area contributed by atoms with E-state index in [2.05, 4.69) is 8.83 Å². The van der Waals surface area contributed by atoms with Crippen LogP contribution in [0.5, 0.6) is 11.5 Å². The van der Waals surface area contributed by atoms with Crippen molar-refractivity contribution in [2.45, 2.75) is 6.61 Å². The summed E-state index contributed by atoms with van der Waals surface area (Å²) < 4.78 is 34.4. The predicted molar refractivity (Wildman–Crippen MR) is 62.4 cm³/mol. The van der Waals surface area contributed by atoms with Gasteiger partial charge in [0, 0.05) is 0 Å². The highest BCUT2D eigenvalue weighted by molar-refractivity contribution is 7.60. The molecule has 0 spiro atoms. The van der Waals surface area contributed by atoms with Crippen LogP contribution in [0.1, 0.15) is 5.56 Å². The first-order chi connectivity index (χ1) is 8.63. The van der Waals surface area contributed by atoms with Gasteiger partial charge in [0.2, 0.25) is 0 Å². The fourth-order valence-electron chi connectivity index (χ4n) is 1.13. The summed E-state index contributed by atoms with van der Waals surface area (Å²) in [7, 11) is -8.70. The second-order valence-corrected chi connectivity index (χ2v) is 6.15. The Labute approximate surface area is 108 Å². The molecule has 1 aromatic carbocycles. The van der Waals surface area contributed by atoms with Gasteiger partial charge in [-0.3, -0.25) is 4.52 Å². The lowest BCUT2D eigenvalue weighted by atomic mass is 10.2. The van der Waals surface area contributed by atoms with Gasteiger partial charge in [-0.2, -0.15) is 4.31 Å². The molecule has 0 saturated heterocycles. The van der Waals surface area contributed by atoms with Crippen LogP contribution >= 0.6 is 15.6 Å². The minimum absolute atomic E-state index is 0.116. The average molecular weight is 314 g/mol. The second-order valence-electron chi connectivity index (χ2n) is 3.32. The molecule has 0 fully saturated rings. The second kappa shape index (κ2) is 6.02. The van der Waals surface area contributed by atoms with E-state index >= 15 is 0 Å². The summed E-state index contributed by atoms with van der Waals surface area (Å²) in [4.78, 5) is 25.8. The van der Waals surface area contributed by atoms with Crippen molar-refractivity contribution in [2.24, 2.45) is 0 Å². The molecule has 1 atom stereocenters. The maximum absolute atomic E-state index is 11.2. The van der Waals surface area contributed by atoms with E-state index < -0.39 is 22.3 Å². The van der Waals surface area contributed by atoms with Gasteiger partial charge in [0.15, 0.2) is 11.5 Å². The zero-order valence-corrected chi connectivity index (χ0v) is 11.5.